The maximum atomic E-state index is 12.2. The van der Waals surface area contributed by atoms with Gasteiger partial charge >= 0.3 is 6.03 Å². The molecule has 0 atom stereocenters. The predicted octanol–water partition coefficient (Wildman–Crippen LogP) is 3.62. The lowest BCUT2D eigenvalue weighted by Gasteiger charge is -2.10. The number of thiazole rings is 1. The van der Waals surface area contributed by atoms with Crippen molar-refractivity contribution < 1.29 is 9.53 Å². The van der Waals surface area contributed by atoms with Gasteiger partial charge in [-0.3, -0.25) is 0 Å². The molecule has 4 aromatic rings. The molecule has 9 heteroatoms. The molecule has 0 spiro atoms. The van der Waals surface area contributed by atoms with Gasteiger partial charge in [0.2, 0.25) is 0 Å². The molecular weight excluding hydrogens is 388 g/mol. The fraction of sp³-hybridized carbons (Fsp3) is 0.100. The number of urea groups is 1. The Morgan fingerprint density at radius 3 is 2.90 bits per heavy atom. The van der Waals surface area contributed by atoms with Gasteiger partial charge in [0, 0.05) is 42.3 Å². The van der Waals surface area contributed by atoms with Gasteiger partial charge < -0.3 is 15.4 Å². The van der Waals surface area contributed by atoms with Crippen LogP contribution in [0.2, 0.25) is 0 Å². The number of nitrogens with zero attached hydrogens (tertiary/aromatic N) is 4. The first-order chi connectivity index (χ1) is 14.3. The molecule has 0 bridgehead atoms. The summed E-state index contributed by atoms with van der Waals surface area (Å²) >= 11 is 1.52. The van der Waals surface area contributed by atoms with Crippen LogP contribution in [0.15, 0.2) is 71.9 Å². The zero-order valence-corrected chi connectivity index (χ0v) is 16.2. The molecule has 0 saturated heterocycles. The molecule has 0 radical (unpaired) electrons. The number of rotatable bonds is 7. The average Bonchev–Trinajstić information content (AvgIpc) is 3.46. The van der Waals surface area contributed by atoms with Crippen LogP contribution < -0.4 is 15.4 Å². The maximum absolute atomic E-state index is 12.2. The highest BCUT2D eigenvalue weighted by Gasteiger charge is 2.05. The van der Waals surface area contributed by atoms with E-state index in [1.807, 2.05) is 41.9 Å². The molecule has 0 fully saturated rings. The summed E-state index contributed by atoms with van der Waals surface area (Å²) in [6.45, 7) is 0.749. The monoisotopic (exact) mass is 406 g/mol. The first-order valence-electron chi connectivity index (χ1n) is 8.86. The second-order valence-electron chi connectivity index (χ2n) is 6.08. The number of anilines is 1. The van der Waals surface area contributed by atoms with E-state index in [4.69, 9.17) is 4.74 Å². The standard InChI is InChI=1S/C20H18N6O2S/c27-20(22-11-15-5-6-19(21-10-15)26-8-2-7-24-26)25-16-3-1-4-18(9-16)28-12-17-13-29-14-23-17/h1-10,13-14H,11-12H2,(H2,22,25,27). The molecule has 3 heterocycles. The van der Waals surface area contributed by atoms with Crippen molar-refractivity contribution in [2.45, 2.75) is 13.2 Å². The third-order valence-electron chi connectivity index (χ3n) is 3.96. The number of pyridine rings is 1. The van der Waals surface area contributed by atoms with Crippen LogP contribution in [0.4, 0.5) is 10.5 Å². The second-order valence-corrected chi connectivity index (χ2v) is 6.80. The zero-order valence-electron chi connectivity index (χ0n) is 15.4. The SMILES string of the molecule is O=C(NCc1ccc(-n2cccn2)nc1)Nc1cccc(OCc2cscn2)c1. The van der Waals surface area contributed by atoms with Crippen molar-refractivity contribution in [2.75, 3.05) is 5.32 Å². The minimum absolute atomic E-state index is 0.308. The molecule has 4 rings (SSSR count). The third kappa shape index (κ3) is 5.17. The number of amides is 2. The van der Waals surface area contributed by atoms with Crippen molar-refractivity contribution in [3.63, 3.8) is 0 Å². The zero-order chi connectivity index (χ0) is 19.9. The van der Waals surface area contributed by atoms with Gasteiger partial charge in [-0.1, -0.05) is 12.1 Å². The summed E-state index contributed by atoms with van der Waals surface area (Å²) in [6.07, 6.45) is 5.23. The Labute approximate surface area is 171 Å². The van der Waals surface area contributed by atoms with E-state index < -0.39 is 0 Å². The van der Waals surface area contributed by atoms with Crippen LogP contribution in [0.25, 0.3) is 5.82 Å². The molecule has 0 aliphatic carbocycles. The Bertz CT molecular complexity index is 1050. The van der Waals surface area contributed by atoms with Crippen molar-refractivity contribution in [2.24, 2.45) is 0 Å². The van der Waals surface area contributed by atoms with Crippen LogP contribution in [0, 0.1) is 0 Å². The number of aromatic nitrogens is 4. The maximum Gasteiger partial charge on any atom is 0.319 e. The lowest BCUT2D eigenvalue weighted by Crippen LogP contribution is -2.28. The molecule has 2 N–H and O–H groups in total. The molecule has 29 heavy (non-hydrogen) atoms. The molecule has 0 unspecified atom stereocenters. The molecular formula is C20H18N6O2S. The van der Waals surface area contributed by atoms with E-state index in [1.165, 1.54) is 11.3 Å². The van der Waals surface area contributed by atoms with Crippen molar-refractivity contribution in [3.05, 3.63) is 83.2 Å². The summed E-state index contributed by atoms with van der Waals surface area (Å²) in [5, 5.41) is 11.7. The van der Waals surface area contributed by atoms with E-state index in [9.17, 15) is 4.79 Å². The Kier molecular flexibility index (Phi) is 5.77. The molecule has 1 aromatic carbocycles. The van der Waals surface area contributed by atoms with E-state index in [0.717, 1.165) is 17.1 Å². The minimum atomic E-state index is -0.308. The quantitative estimate of drug-likeness (QED) is 0.489. The highest BCUT2D eigenvalue weighted by Crippen LogP contribution is 2.18. The smallest absolute Gasteiger partial charge is 0.319 e. The molecule has 0 aliphatic heterocycles. The summed E-state index contributed by atoms with van der Waals surface area (Å²) in [4.78, 5) is 20.7. The van der Waals surface area contributed by atoms with E-state index in [0.29, 0.717) is 24.6 Å². The van der Waals surface area contributed by atoms with E-state index in [1.54, 1.807) is 34.7 Å². The molecule has 2 amide bonds. The van der Waals surface area contributed by atoms with Gasteiger partial charge in [-0.2, -0.15) is 5.10 Å². The van der Waals surface area contributed by atoms with Gasteiger partial charge in [-0.05, 0) is 29.8 Å². The van der Waals surface area contributed by atoms with Crippen molar-refractivity contribution in [3.8, 4) is 11.6 Å². The lowest BCUT2D eigenvalue weighted by atomic mass is 10.3. The normalized spacial score (nSPS) is 10.5. The Morgan fingerprint density at radius 2 is 2.14 bits per heavy atom. The average molecular weight is 406 g/mol. The van der Waals surface area contributed by atoms with Crippen molar-refractivity contribution in [1.29, 1.82) is 0 Å². The number of benzene rings is 1. The largest absolute Gasteiger partial charge is 0.487 e. The summed E-state index contributed by atoms with van der Waals surface area (Å²) in [6, 6.07) is 12.5. The van der Waals surface area contributed by atoms with Crippen LogP contribution in [0.1, 0.15) is 11.3 Å². The summed E-state index contributed by atoms with van der Waals surface area (Å²) in [5.41, 5.74) is 4.17. The Hall–Kier alpha value is -3.72. The minimum Gasteiger partial charge on any atom is -0.487 e. The van der Waals surface area contributed by atoms with Gasteiger partial charge in [0.1, 0.15) is 12.4 Å². The summed E-state index contributed by atoms with van der Waals surface area (Å²) in [7, 11) is 0. The van der Waals surface area contributed by atoms with E-state index >= 15 is 0 Å². The van der Waals surface area contributed by atoms with Crippen molar-refractivity contribution >= 4 is 23.1 Å². The topological polar surface area (TPSA) is 94.0 Å². The van der Waals surface area contributed by atoms with Crippen LogP contribution in [0.5, 0.6) is 5.75 Å². The van der Waals surface area contributed by atoms with Crippen LogP contribution >= 0.6 is 11.3 Å². The second kappa shape index (κ2) is 8.98. The Balaban J connectivity index is 1.27. The van der Waals surface area contributed by atoms with Crippen molar-refractivity contribution in [1.82, 2.24) is 25.1 Å². The molecule has 3 aromatic heterocycles. The van der Waals surface area contributed by atoms with E-state index in [-0.39, 0.29) is 6.03 Å². The highest BCUT2D eigenvalue weighted by molar-refractivity contribution is 7.07. The fourth-order valence-electron chi connectivity index (χ4n) is 2.55. The van der Waals surface area contributed by atoms with Crippen LogP contribution in [-0.2, 0) is 13.2 Å². The predicted molar refractivity (Wildman–Crippen MR) is 110 cm³/mol. The highest BCUT2D eigenvalue weighted by atomic mass is 32.1. The Morgan fingerprint density at radius 1 is 1.17 bits per heavy atom. The first-order valence-corrected chi connectivity index (χ1v) is 9.80. The molecule has 0 aliphatic rings. The number of hydrogen-bond acceptors (Lipinski definition) is 6. The lowest BCUT2D eigenvalue weighted by molar-refractivity contribution is 0.251. The number of carbonyl (C=O) groups is 1. The number of nitrogens with one attached hydrogen (secondary N) is 2. The van der Waals surface area contributed by atoms with Gasteiger partial charge in [-0.15, -0.1) is 11.3 Å². The first kappa shape index (κ1) is 18.6. The summed E-state index contributed by atoms with van der Waals surface area (Å²) < 4.78 is 7.37. The third-order valence-corrected chi connectivity index (χ3v) is 4.60. The summed E-state index contributed by atoms with van der Waals surface area (Å²) in [5.74, 6) is 1.38. The van der Waals surface area contributed by atoms with Crippen LogP contribution in [-0.4, -0.2) is 25.8 Å². The molecule has 0 saturated carbocycles. The van der Waals surface area contributed by atoms with Gasteiger partial charge in [0.25, 0.3) is 0 Å². The van der Waals surface area contributed by atoms with Crippen LogP contribution in [0.3, 0.4) is 0 Å². The molecule has 146 valence electrons. The number of hydrogen-bond donors (Lipinski definition) is 2. The molecule has 8 nitrogen and oxygen atoms in total. The number of ether oxygens (including phenoxy) is 1. The van der Waals surface area contributed by atoms with E-state index in [2.05, 4.69) is 25.7 Å². The van der Waals surface area contributed by atoms with Gasteiger partial charge in [-0.25, -0.2) is 19.4 Å². The van der Waals surface area contributed by atoms with Gasteiger partial charge in [0.05, 0.1) is 11.2 Å². The van der Waals surface area contributed by atoms with Gasteiger partial charge in [0.15, 0.2) is 5.82 Å². The fourth-order valence-corrected chi connectivity index (χ4v) is 3.09. The number of carbonyl (C=O) groups excluding carboxylic acids is 1.